The molecule has 1 heterocycles. The number of carbonyl (C=O) groups is 2. The molecule has 1 fully saturated rings. The Labute approximate surface area is 131 Å². The first kappa shape index (κ1) is 17.5. The number of likely N-dealkylation sites (tertiary alicyclic amines) is 1. The quantitative estimate of drug-likeness (QED) is 0.876. The van der Waals surface area contributed by atoms with Gasteiger partial charge in [-0.25, -0.2) is 0 Å². The fourth-order valence-corrected chi connectivity index (χ4v) is 2.70. The van der Waals surface area contributed by atoms with E-state index in [1.54, 1.807) is 0 Å². The zero-order chi connectivity index (χ0) is 14.5. The minimum absolute atomic E-state index is 0. The van der Waals surface area contributed by atoms with Crippen LogP contribution in [-0.2, 0) is 9.59 Å². The molecule has 3 N–H and O–H groups in total. The number of rotatable bonds is 4. The summed E-state index contributed by atoms with van der Waals surface area (Å²) in [5.74, 6) is -0.345. The van der Waals surface area contributed by atoms with Crippen molar-refractivity contribution in [3.63, 3.8) is 0 Å². The summed E-state index contributed by atoms with van der Waals surface area (Å²) in [5, 5.41) is 2.54. The largest absolute Gasteiger partial charge is 0.346 e. The van der Waals surface area contributed by atoms with E-state index < -0.39 is 0 Å². The van der Waals surface area contributed by atoms with Crippen molar-refractivity contribution < 1.29 is 9.59 Å². The summed E-state index contributed by atoms with van der Waals surface area (Å²) in [6.45, 7) is 2.75. The number of nitrogens with zero attached hydrogens (tertiary/aromatic N) is 1. The van der Waals surface area contributed by atoms with E-state index in [2.05, 4.69) is 24.4 Å². The Hall–Kier alpha value is -1.59. The van der Waals surface area contributed by atoms with E-state index in [-0.39, 0.29) is 43.4 Å². The maximum absolute atomic E-state index is 12.2. The first-order valence-corrected chi connectivity index (χ1v) is 6.95. The molecule has 1 unspecified atom stereocenters. The van der Waals surface area contributed by atoms with E-state index in [1.165, 1.54) is 11.1 Å². The van der Waals surface area contributed by atoms with Crippen LogP contribution in [0, 0.1) is 6.92 Å². The summed E-state index contributed by atoms with van der Waals surface area (Å²) >= 11 is 0. The highest BCUT2D eigenvalue weighted by Gasteiger charge is 2.30. The number of halogens is 1. The summed E-state index contributed by atoms with van der Waals surface area (Å²) in [6.07, 6.45) is 1.97. The lowest BCUT2D eigenvalue weighted by molar-refractivity contribution is -0.133. The summed E-state index contributed by atoms with van der Waals surface area (Å²) in [6, 6.07) is 8.26. The molecule has 0 saturated carbocycles. The third kappa shape index (κ3) is 4.19. The number of hydrogen-bond donors (Lipinski definition) is 2. The van der Waals surface area contributed by atoms with E-state index in [1.807, 2.05) is 17.0 Å². The van der Waals surface area contributed by atoms with Gasteiger partial charge in [0.25, 0.3) is 0 Å². The predicted octanol–water partition coefficient (Wildman–Crippen LogP) is 1.16. The molecule has 1 aliphatic rings. The zero-order valence-electron chi connectivity index (χ0n) is 12.2. The third-order valence-electron chi connectivity index (χ3n) is 3.74. The van der Waals surface area contributed by atoms with Gasteiger partial charge in [-0.2, -0.15) is 0 Å². The van der Waals surface area contributed by atoms with Crippen molar-refractivity contribution >= 4 is 24.2 Å². The first-order valence-electron chi connectivity index (χ1n) is 6.95. The predicted molar refractivity (Wildman–Crippen MR) is 84.2 cm³/mol. The van der Waals surface area contributed by atoms with Gasteiger partial charge >= 0.3 is 0 Å². The normalized spacial score (nSPS) is 17.2. The molecule has 0 radical (unpaired) electrons. The first-order chi connectivity index (χ1) is 9.63. The van der Waals surface area contributed by atoms with Gasteiger partial charge in [0.05, 0.1) is 19.1 Å². The second-order valence-electron chi connectivity index (χ2n) is 5.08. The van der Waals surface area contributed by atoms with Gasteiger partial charge < -0.3 is 16.0 Å². The molecule has 2 rings (SSSR count). The topological polar surface area (TPSA) is 75.4 Å². The molecule has 116 valence electrons. The Morgan fingerprint density at radius 3 is 2.76 bits per heavy atom. The van der Waals surface area contributed by atoms with Gasteiger partial charge in [0.1, 0.15) is 0 Å². The smallest absolute Gasteiger partial charge is 0.242 e. The number of carbonyl (C=O) groups excluding carboxylic acids is 2. The molecule has 1 saturated heterocycles. The van der Waals surface area contributed by atoms with Crippen molar-refractivity contribution in [2.75, 3.05) is 19.6 Å². The van der Waals surface area contributed by atoms with Crippen LogP contribution >= 0.6 is 12.4 Å². The van der Waals surface area contributed by atoms with E-state index in [9.17, 15) is 9.59 Å². The number of nitrogens with one attached hydrogen (secondary N) is 1. The molecule has 1 aromatic rings. The lowest BCUT2D eigenvalue weighted by Gasteiger charge is -2.26. The number of hydrogen-bond acceptors (Lipinski definition) is 3. The fraction of sp³-hybridized carbons (Fsp3) is 0.467. The van der Waals surface area contributed by atoms with Crippen LogP contribution < -0.4 is 11.1 Å². The van der Waals surface area contributed by atoms with Gasteiger partial charge in [0.2, 0.25) is 11.8 Å². The molecule has 0 spiro atoms. The summed E-state index contributed by atoms with van der Waals surface area (Å²) in [4.78, 5) is 25.2. The number of aryl methyl sites for hydroxylation is 1. The molecule has 21 heavy (non-hydrogen) atoms. The van der Waals surface area contributed by atoms with Crippen molar-refractivity contribution in [1.29, 1.82) is 0 Å². The Morgan fingerprint density at radius 1 is 1.38 bits per heavy atom. The van der Waals surface area contributed by atoms with Gasteiger partial charge in [-0.1, -0.05) is 24.3 Å². The maximum atomic E-state index is 12.2. The van der Waals surface area contributed by atoms with Crippen molar-refractivity contribution in [3.8, 4) is 0 Å². The van der Waals surface area contributed by atoms with E-state index in [4.69, 9.17) is 5.73 Å². The van der Waals surface area contributed by atoms with Crippen LogP contribution in [-0.4, -0.2) is 36.3 Å². The van der Waals surface area contributed by atoms with Crippen molar-refractivity contribution in [3.05, 3.63) is 35.4 Å². The molecule has 0 bridgehead atoms. The van der Waals surface area contributed by atoms with Crippen LogP contribution in [0.2, 0.25) is 0 Å². The Morgan fingerprint density at radius 2 is 2.10 bits per heavy atom. The van der Waals surface area contributed by atoms with Crippen molar-refractivity contribution in [2.24, 2.45) is 5.73 Å². The standard InChI is InChI=1S/C15H21N3O2.ClH/c1-11-5-2-3-6-12(11)13-7-4-8-18(13)15(20)10-17-14(19)9-16;/h2-3,5-6,13H,4,7-10,16H2,1H3,(H,17,19);1H. The lowest BCUT2D eigenvalue weighted by Crippen LogP contribution is -2.41. The molecule has 1 aromatic carbocycles. The van der Waals surface area contributed by atoms with E-state index in [0.717, 1.165) is 19.4 Å². The van der Waals surface area contributed by atoms with Crippen molar-refractivity contribution in [1.82, 2.24) is 10.2 Å². The SMILES string of the molecule is Cc1ccccc1C1CCCN1C(=O)CNC(=O)CN.Cl. The molecule has 0 aliphatic carbocycles. The molecular formula is C15H22ClN3O2. The van der Waals surface area contributed by atoms with Crippen LogP contribution in [0.25, 0.3) is 0 Å². The molecular weight excluding hydrogens is 290 g/mol. The van der Waals surface area contributed by atoms with Crippen LogP contribution in [0.5, 0.6) is 0 Å². The number of benzene rings is 1. The van der Waals surface area contributed by atoms with Crippen molar-refractivity contribution in [2.45, 2.75) is 25.8 Å². The molecule has 5 nitrogen and oxygen atoms in total. The second kappa shape index (κ2) is 8.00. The second-order valence-corrected chi connectivity index (χ2v) is 5.08. The highest BCUT2D eigenvalue weighted by atomic mass is 35.5. The minimum atomic E-state index is -0.301. The number of amides is 2. The van der Waals surface area contributed by atoms with Crippen LogP contribution in [0.4, 0.5) is 0 Å². The fourth-order valence-electron chi connectivity index (χ4n) is 2.70. The Kier molecular flexibility index (Phi) is 6.65. The van der Waals surface area contributed by atoms with Gasteiger partial charge in [-0.15, -0.1) is 12.4 Å². The van der Waals surface area contributed by atoms with Gasteiger partial charge in [0.15, 0.2) is 0 Å². The lowest BCUT2D eigenvalue weighted by atomic mass is 9.99. The van der Waals surface area contributed by atoms with Gasteiger partial charge in [-0.05, 0) is 30.9 Å². The van der Waals surface area contributed by atoms with Crippen LogP contribution in [0.3, 0.4) is 0 Å². The summed E-state index contributed by atoms with van der Waals surface area (Å²) in [7, 11) is 0. The van der Waals surface area contributed by atoms with Crippen LogP contribution in [0.15, 0.2) is 24.3 Å². The average Bonchev–Trinajstić information content (AvgIpc) is 2.94. The highest BCUT2D eigenvalue weighted by molar-refractivity contribution is 5.86. The summed E-state index contributed by atoms with van der Waals surface area (Å²) in [5.41, 5.74) is 7.61. The minimum Gasteiger partial charge on any atom is -0.346 e. The molecule has 0 aromatic heterocycles. The average molecular weight is 312 g/mol. The number of nitrogens with two attached hydrogens (primary N) is 1. The van der Waals surface area contributed by atoms with Crippen LogP contribution in [0.1, 0.15) is 30.0 Å². The van der Waals surface area contributed by atoms with E-state index >= 15 is 0 Å². The highest BCUT2D eigenvalue weighted by Crippen LogP contribution is 2.33. The Bertz CT molecular complexity index is 507. The monoisotopic (exact) mass is 311 g/mol. The van der Waals surface area contributed by atoms with Gasteiger partial charge in [-0.3, -0.25) is 9.59 Å². The third-order valence-corrected chi connectivity index (χ3v) is 3.74. The van der Waals surface area contributed by atoms with E-state index in [0.29, 0.717) is 0 Å². The maximum Gasteiger partial charge on any atom is 0.242 e. The Balaban J connectivity index is 0.00000220. The zero-order valence-corrected chi connectivity index (χ0v) is 13.0. The molecule has 6 heteroatoms. The van der Waals surface area contributed by atoms with Gasteiger partial charge in [0, 0.05) is 6.54 Å². The molecule has 1 atom stereocenters. The summed E-state index contributed by atoms with van der Waals surface area (Å²) < 4.78 is 0. The molecule has 1 aliphatic heterocycles. The molecule has 2 amide bonds.